The van der Waals surface area contributed by atoms with E-state index < -0.39 is 9.04 Å². The van der Waals surface area contributed by atoms with Crippen molar-refractivity contribution in [2.24, 2.45) is 0 Å². The fraction of sp³-hybridized carbons (Fsp3) is 1.00. The Hall–Kier alpha value is 0.467. The van der Waals surface area contributed by atoms with Gasteiger partial charge in [-0.05, 0) is 19.0 Å². The Morgan fingerprint density at radius 2 is 1.89 bits per heavy atom. The van der Waals surface area contributed by atoms with Crippen molar-refractivity contribution in [3.8, 4) is 0 Å². The third kappa shape index (κ3) is 4.94. The quantitative estimate of drug-likeness (QED) is 0.460. The summed E-state index contributed by atoms with van der Waals surface area (Å²) in [6.45, 7) is 6.21. The van der Waals surface area contributed by atoms with E-state index in [0.29, 0.717) is 0 Å². The van der Waals surface area contributed by atoms with Crippen LogP contribution in [0.15, 0.2) is 0 Å². The van der Waals surface area contributed by atoms with Gasteiger partial charge in [0.15, 0.2) is 9.04 Å². The summed E-state index contributed by atoms with van der Waals surface area (Å²) in [5.74, 6) is 0. The van der Waals surface area contributed by atoms with Crippen molar-refractivity contribution in [1.29, 1.82) is 0 Å². The number of alkyl halides is 1. The zero-order valence-corrected chi connectivity index (χ0v) is 8.27. The third-order valence-electron chi connectivity index (χ3n) is 1.29. The van der Waals surface area contributed by atoms with Crippen LogP contribution in [0.3, 0.4) is 0 Å². The van der Waals surface area contributed by atoms with Gasteiger partial charge in [-0.2, -0.15) is 0 Å². The Labute approximate surface area is 64.1 Å². The normalized spacial score (nSPS) is 14.3. The Balaban J connectivity index is 3.31. The van der Waals surface area contributed by atoms with Crippen LogP contribution in [0.1, 0.15) is 20.8 Å². The first-order valence-electron chi connectivity index (χ1n) is 3.50. The van der Waals surface area contributed by atoms with Crippen LogP contribution in [0.25, 0.3) is 0 Å². The molecular weight excluding hydrogens is 152 g/mol. The van der Waals surface area contributed by atoms with Gasteiger partial charge in [-0.1, -0.05) is 25.4 Å². The van der Waals surface area contributed by atoms with Crippen LogP contribution in [0.2, 0.25) is 12.1 Å². The zero-order valence-electron chi connectivity index (χ0n) is 6.36. The van der Waals surface area contributed by atoms with Gasteiger partial charge in [0.2, 0.25) is 0 Å². The van der Waals surface area contributed by atoms with Gasteiger partial charge in [-0.3, -0.25) is 0 Å². The van der Waals surface area contributed by atoms with Gasteiger partial charge in [0.25, 0.3) is 0 Å². The molecule has 9 heavy (non-hydrogen) atoms. The molecule has 0 aliphatic carbocycles. The average molecular weight is 167 g/mol. The molecule has 0 amide bonds. The Morgan fingerprint density at radius 3 is 2.00 bits per heavy atom. The molecule has 0 aliphatic rings. The maximum atomic E-state index is 5.64. The highest BCUT2D eigenvalue weighted by atomic mass is 35.5. The van der Waals surface area contributed by atoms with Crippen LogP contribution in [0, 0.1) is 0 Å². The monoisotopic (exact) mass is 166 g/mol. The van der Waals surface area contributed by atoms with E-state index in [1.54, 1.807) is 0 Å². The second-order valence-electron chi connectivity index (χ2n) is 2.12. The standard InChI is InChI=1S/C6H15ClOSi/c1-4-9(5-2)8-6(3)7/h6,9H,4-5H2,1-3H3. The molecule has 0 saturated carbocycles. The van der Waals surface area contributed by atoms with E-state index in [4.69, 9.17) is 16.0 Å². The predicted octanol–water partition coefficient (Wildman–Crippen LogP) is 2.35. The summed E-state index contributed by atoms with van der Waals surface area (Å²) in [5.41, 5.74) is -0.0819. The Morgan fingerprint density at radius 1 is 1.44 bits per heavy atom. The molecule has 1 nitrogen and oxygen atoms in total. The lowest BCUT2D eigenvalue weighted by Crippen LogP contribution is -2.18. The highest BCUT2D eigenvalue weighted by Crippen LogP contribution is 2.05. The van der Waals surface area contributed by atoms with Crippen molar-refractivity contribution < 1.29 is 4.43 Å². The third-order valence-corrected chi connectivity index (χ3v) is 4.18. The van der Waals surface area contributed by atoms with E-state index in [1.165, 1.54) is 12.1 Å². The van der Waals surface area contributed by atoms with Crippen molar-refractivity contribution in [3.63, 3.8) is 0 Å². The maximum Gasteiger partial charge on any atom is 0.178 e. The summed E-state index contributed by atoms with van der Waals surface area (Å²) in [6, 6.07) is 2.38. The van der Waals surface area contributed by atoms with Crippen LogP contribution >= 0.6 is 11.6 Å². The van der Waals surface area contributed by atoms with E-state index in [2.05, 4.69) is 13.8 Å². The van der Waals surface area contributed by atoms with Crippen molar-refractivity contribution in [3.05, 3.63) is 0 Å². The van der Waals surface area contributed by atoms with Crippen LogP contribution < -0.4 is 0 Å². The number of rotatable bonds is 4. The maximum absolute atomic E-state index is 5.64. The fourth-order valence-corrected chi connectivity index (χ4v) is 2.68. The highest BCUT2D eigenvalue weighted by molar-refractivity contribution is 6.52. The van der Waals surface area contributed by atoms with Crippen LogP contribution in [0.4, 0.5) is 0 Å². The molecule has 0 bridgehead atoms. The minimum Gasteiger partial charge on any atom is -0.404 e. The molecule has 0 fully saturated rings. The molecule has 0 aromatic rings. The molecule has 1 unspecified atom stereocenters. The average Bonchev–Trinajstić information content (AvgIpc) is 1.82. The number of halogens is 1. The van der Waals surface area contributed by atoms with E-state index in [0.717, 1.165) is 0 Å². The van der Waals surface area contributed by atoms with E-state index >= 15 is 0 Å². The first-order chi connectivity index (χ1) is 4.20. The molecule has 56 valence electrons. The van der Waals surface area contributed by atoms with Crippen molar-refractivity contribution >= 4 is 20.6 Å². The Bertz CT molecular complexity index is 64.1. The lowest BCUT2D eigenvalue weighted by molar-refractivity contribution is 0.302. The van der Waals surface area contributed by atoms with Crippen LogP contribution in [-0.4, -0.2) is 14.6 Å². The second-order valence-corrected chi connectivity index (χ2v) is 5.88. The zero-order chi connectivity index (χ0) is 7.28. The summed E-state index contributed by atoms with van der Waals surface area (Å²) in [6.07, 6.45) is 0. The first kappa shape index (κ1) is 9.47. The van der Waals surface area contributed by atoms with Gasteiger partial charge in [0, 0.05) is 0 Å². The molecule has 0 rings (SSSR count). The van der Waals surface area contributed by atoms with Gasteiger partial charge < -0.3 is 4.43 Å². The smallest absolute Gasteiger partial charge is 0.178 e. The lowest BCUT2D eigenvalue weighted by Gasteiger charge is -2.13. The number of hydrogen-bond donors (Lipinski definition) is 0. The van der Waals surface area contributed by atoms with Crippen molar-refractivity contribution in [1.82, 2.24) is 0 Å². The lowest BCUT2D eigenvalue weighted by atomic mass is 10.9. The largest absolute Gasteiger partial charge is 0.404 e. The summed E-state index contributed by atoms with van der Waals surface area (Å²) < 4.78 is 5.45. The summed E-state index contributed by atoms with van der Waals surface area (Å²) in [7, 11) is -0.882. The molecular formula is C6H15ClOSi. The van der Waals surface area contributed by atoms with E-state index in [-0.39, 0.29) is 5.56 Å². The van der Waals surface area contributed by atoms with Gasteiger partial charge in [0.05, 0.1) is 0 Å². The molecule has 0 spiro atoms. The van der Waals surface area contributed by atoms with E-state index in [9.17, 15) is 0 Å². The second kappa shape index (κ2) is 5.27. The highest BCUT2D eigenvalue weighted by Gasteiger charge is 2.07. The molecule has 3 heteroatoms. The van der Waals surface area contributed by atoms with Crippen molar-refractivity contribution in [2.75, 3.05) is 0 Å². The molecule has 0 saturated heterocycles. The van der Waals surface area contributed by atoms with Crippen LogP contribution in [-0.2, 0) is 4.43 Å². The fourth-order valence-electron chi connectivity index (χ4n) is 0.746. The Kier molecular flexibility index (Phi) is 5.54. The first-order valence-corrected chi connectivity index (χ1v) is 6.04. The molecule has 1 atom stereocenters. The van der Waals surface area contributed by atoms with Gasteiger partial charge in [0.1, 0.15) is 5.56 Å². The number of hydrogen-bond acceptors (Lipinski definition) is 1. The molecule has 0 aromatic heterocycles. The summed E-state index contributed by atoms with van der Waals surface area (Å²) in [5, 5.41) is 0. The molecule has 0 heterocycles. The van der Waals surface area contributed by atoms with Gasteiger partial charge in [-0.25, -0.2) is 0 Å². The predicted molar refractivity (Wildman–Crippen MR) is 44.5 cm³/mol. The molecule has 0 radical (unpaired) electrons. The topological polar surface area (TPSA) is 9.23 Å². The molecule has 0 aromatic carbocycles. The SMILES string of the molecule is CC[SiH](CC)OC(C)Cl. The molecule has 0 aliphatic heterocycles. The van der Waals surface area contributed by atoms with Crippen molar-refractivity contribution in [2.45, 2.75) is 38.4 Å². The summed E-state index contributed by atoms with van der Waals surface area (Å²) in [4.78, 5) is 0. The van der Waals surface area contributed by atoms with Gasteiger partial charge >= 0.3 is 0 Å². The minimum absolute atomic E-state index is 0.0819. The van der Waals surface area contributed by atoms with Crippen LogP contribution in [0.5, 0.6) is 0 Å². The summed E-state index contributed by atoms with van der Waals surface area (Å²) >= 11 is 5.64. The molecule has 0 N–H and O–H groups in total. The van der Waals surface area contributed by atoms with E-state index in [1.807, 2.05) is 6.92 Å². The van der Waals surface area contributed by atoms with Gasteiger partial charge in [-0.15, -0.1) is 0 Å². The minimum atomic E-state index is -0.882.